The highest BCUT2D eigenvalue weighted by Crippen LogP contribution is 2.31. The molecule has 0 aliphatic heterocycles. The van der Waals surface area contributed by atoms with Crippen molar-refractivity contribution in [1.29, 1.82) is 0 Å². The molecule has 1 aliphatic rings. The maximum absolute atomic E-state index is 5.39. The second kappa shape index (κ2) is 6.60. The van der Waals surface area contributed by atoms with Crippen LogP contribution in [-0.4, -0.2) is 19.9 Å². The van der Waals surface area contributed by atoms with Crippen LogP contribution in [0.15, 0.2) is 10.7 Å². The van der Waals surface area contributed by atoms with E-state index in [1.165, 1.54) is 17.7 Å². The monoisotopic (exact) mass is 303 g/mol. The highest BCUT2D eigenvalue weighted by molar-refractivity contribution is 5.25. The first-order valence-electron chi connectivity index (χ1n) is 8.36. The van der Waals surface area contributed by atoms with Crippen molar-refractivity contribution < 1.29 is 4.52 Å². The van der Waals surface area contributed by atoms with Gasteiger partial charge in [-0.05, 0) is 39.5 Å². The average Bonchev–Trinajstić information content (AvgIpc) is 3.14. The zero-order chi connectivity index (χ0) is 15.5. The van der Waals surface area contributed by atoms with E-state index < -0.39 is 0 Å². The van der Waals surface area contributed by atoms with E-state index in [0.717, 1.165) is 38.1 Å². The molecule has 1 aliphatic carbocycles. The van der Waals surface area contributed by atoms with Gasteiger partial charge in [0.1, 0.15) is 0 Å². The largest absolute Gasteiger partial charge is 0.338 e. The van der Waals surface area contributed by atoms with Gasteiger partial charge in [-0.25, -0.2) is 0 Å². The molecule has 0 aromatic carbocycles. The van der Waals surface area contributed by atoms with E-state index in [-0.39, 0.29) is 6.04 Å². The Labute approximate surface area is 131 Å². The van der Waals surface area contributed by atoms with Crippen LogP contribution in [-0.2, 0) is 19.4 Å². The number of fused-ring (bicyclic) bond motifs is 1. The molecule has 120 valence electrons. The fraction of sp³-hybridized carbons (Fsp3) is 0.688. The lowest BCUT2D eigenvalue weighted by Crippen LogP contribution is -2.28. The zero-order valence-electron chi connectivity index (χ0n) is 13.7. The number of nitrogens with zero attached hydrogens (tertiary/aromatic N) is 4. The summed E-state index contributed by atoms with van der Waals surface area (Å²) in [5.41, 5.74) is 2.70. The quantitative estimate of drug-likeness (QED) is 0.888. The third kappa shape index (κ3) is 2.92. The highest BCUT2D eigenvalue weighted by Gasteiger charge is 2.26. The summed E-state index contributed by atoms with van der Waals surface area (Å²) in [6.07, 6.45) is 7.35. The summed E-state index contributed by atoms with van der Waals surface area (Å²) in [6, 6.07) is 0.375. The van der Waals surface area contributed by atoms with Crippen molar-refractivity contribution in [2.45, 2.75) is 71.5 Å². The molecule has 2 aromatic heterocycles. The van der Waals surface area contributed by atoms with E-state index in [0.29, 0.717) is 11.9 Å². The Morgan fingerprint density at radius 2 is 2.32 bits per heavy atom. The average molecular weight is 303 g/mol. The van der Waals surface area contributed by atoms with Gasteiger partial charge in [0.2, 0.25) is 5.89 Å². The van der Waals surface area contributed by atoms with E-state index in [4.69, 9.17) is 4.52 Å². The van der Waals surface area contributed by atoms with Gasteiger partial charge < -0.3 is 4.52 Å². The lowest BCUT2D eigenvalue weighted by Gasteiger charge is -2.26. The molecule has 0 saturated carbocycles. The van der Waals surface area contributed by atoms with Gasteiger partial charge in [-0.3, -0.25) is 10.00 Å². The third-order valence-electron chi connectivity index (χ3n) is 4.34. The number of aryl methyl sites for hydroxylation is 2. The predicted molar refractivity (Wildman–Crippen MR) is 83.4 cm³/mol. The molecule has 0 amide bonds. The summed E-state index contributed by atoms with van der Waals surface area (Å²) in [7, 11) is 0. The lowest BCUT2D eigenvalue weighted by atomic mass is 9.92. The molecule has 0 saturated heterocycles. The van der Waals surface area contributed by atoms with Crippen LogP contribution in [0.25, 0.3) is 0 Å². The van der Waals surface area contributed by atoms with Crippen LogP contribution in [0.2, 0.25) is 0 Å². The van der Waals surface area contributed by atoms with E-state index >= 15 is 0 Å². The molecule has 3 rings (SSSR count). The van der Waals surface area contributed by atoms with Gasteiger partial charge >= 0.3 is 0 Å². The van der Waals surface area contributed by atoms with Crippen molar-refractivity contribution in [3.63, 3.8) is 0 Å². The minimum Gasteiger partial charge on any atom is -0.338 e. The normalized spacial score (nSPS) is 19.1. The van der Waals surface area contributed by atoms with Crippen molar-refractivity contribution in [2.75, 3.05) is 0 Å². The number of aromatic nitrogens is 4. The Morgan fingerprint density at radius 3 is 3.09 bits per heavy atom. The lowest BCUT2D eigenvalue weighted by molar-refractivity contribution is 0.311. The Morgan fingerprint density at radius 1 is 1.45 bits per heavy atom. The van der Waals surface area contributed by atoms with Crippen LogP contribution in [0.5, 0.6) is 0 Å². The standard InChI is InChI=1S/C16H25N5O/c1-4-7-15-19-16(22-20-15)11(3)18-13-8-6-9-14-12(13)10-17-21(14)5-2/h10-11,13,18H,4-9H2,1-3H3/t11-,13+/m0/s1. The van der Waals surface area contributed by atoms with Crippen LogP contribution in [0, 0.1) is 0 Å². The van der Waals surface area contributed by atoms with Crippen LogP contribution in [0.3, 0.4) is 0 Å². The summed E-state index contributed by atoms with van der Waals surface area (Å²) >= 11 is 0. The molecule has 0 radical (unpaired) electrons. The minimum absolute atomic E-state index is 0.0547. The Bertz CT molecular complexity index is 618. The molecule has 2 heterocycles. The van der Waals surface area contributed by atoms with Crippen LogP contribution in [0.4, 0.5) is 0 Å². The summed E-state index contributed by atoms with van der Waals surface area (Å²) in [6.45, 7) is 7.27. The summed E-state index contributed by atoms with van der Waals surface area (Å²) in [4.78, 5) is 4.48. The molecule has 2 aromatic rings. The fourth-order valence-electron chi connectivity index (χ4n) is 3.21. The number of rotatable bonds is 6. The molecule has 6 heteroatoms. The number of hydrogen-bond donors (Lipinski definition) is 1. The van der Waals surface area contributed by atoms with Crippen LogP contribution < -0.4 is 5.32 Å². The zero-order valence-corrected chi connectivity index (χ0v) is 13.7. The second-order valence-corrected chi connectivity index (χ2v) is 5.99. The van der Waals surface area contributed by atoms with Crippen LogP contribution in [0.1, 0.15) is 75.1 Å². The molecule has 0 spiro atoms. The fourth-order valence-corrected chi connectivity index (χ4v) is 3.21. The van der Waals surface area contributed by atoms with Gasteiger partial charge in [-0.15, -0.1) is 0 Å². The highest BCUT2D eigenvalue weighted by atomic mass is 16.5. The molecular weight excluding hydrogens is 278 g/mol. The van der Waals surface area contributed by atoms with Gasteiger partial charge in [-0.2, -0.15) is 10.1 Å². The van der Waals surface area contributed by atoms with Gasteiger partial charge in [0.05, 0.1) is 12.2 Å². The topological polar surface area (TPSA) is 68.8 Å². The molecule has 0 unspecified atom stereocenters. The van der Waals surface area contributed by atoms with E-state index in [1.807, 2.05) is 6.20 Å². The second-order valence-electron chi connectivity index (χ2n) is 5.99. The van der Waals surface area contributed by atoms with Crippen molar-refractivity contribution >= 4 is 0 Å². The van der Waals surface area contributed by atoms with Crippen molar-refractivity contribution in [1.82, 2.24) is 25.2 Å². The maximum atomic E-state index is 5.39. The molecule has 22 heavy (non-hydrogen) atoms. The first kappa shape index (κ1) is 15.2. The molecule has 6 nitrogen and oxygen atoms in total. The van der Waals surface area contributed by atoms with E-state index in [1.54, 1.807) is 0 Å². The van der Waals surface area contributed by atoms with Crippen molar-refractivity contribution in [2.24, 2.45) is 0 Å². The molecule has 0 bridgehead atoms. The first-order chi connectivity index (χ1) is 10.7. The van der Waals surface area contributed by atoms with Crippen molar-refractivity contribution in [3.8, 4) is 0 Å². The smallest absolute Gasteiger partial charge is 0.243 e. The number of nitrogens with one attached hydrogen (secondary N) is 1. The molecule has 1 N–H and O–H groups in total. The maximum Gasteiger partial charge on any atom is 0.243 e. The van der Waals surface area contributed by atoms with Crippen molar-refractivity contribution in [3.05, 3.63) is 29.2 Å². The van der Waals surface area contributed by atoms with Gasteiger partial charge in [0, 0.05) is 30.3 Å². The van der Waals surface area contributed by atoms with Crippen LogP contribution >= 0.6 is 0 Å². The molecular formula is C16H25N5O. The van der Waals surface area contributed by atoms with E-state index in [9.17, 15) is 0 Å². The summed E-state index contributed by atoms with van der Waals surface area (Å²) in [5, 5.41) is 12.2. The number of hydrogen-bond acceptors (Lipinski definition) is 5. The summed E-state index contributed by atoms with van der Waals surface area (Å²) in [5.74, 6) is 1.48. The van der Waals surface area contributed by atoms with Gasteiger partial charge in [0.25, 0.3) is 0 Å². The Kier molecular flexibility index (Phi) is 4.57. The Hall–Kier alpha value is -1.69. The first-order valence-corrected chi connectivity index (χ1v) is 8.36. The Balaban J connectivity index is 1.72. The van der Waals surface area contributed by atoms with E-state index in [2.05, 4.69) is 46.0 Å². The molecule has 2 atom stereocenters. The molecule has 0 fully saturated rings. The SMILES string of the molecule is CCCc1noc([C@H](C)N[C@@H]2CCCc3c2cnn3CC)n1. The predicted octanol–water partition coefficient (Wildman–Crippen LogP) is 2.97. The minimum atomic E-state index is 0.0547. The van der Waals surface area contributed by atoms with Gasteiger partial charge in [0.15, 0.2) is 5.82 Å². The third-order valence-corrected chi connectivity index (χ3v) is 4.34. The van der Waals surface area contributed by atoms with Gasteiger partial charge in [-0.1, -0.05) is 12.1 Å². The summed E-state index contributed by atoms with van der Waals surface area (Å²) < 4.78 is 7.50.